The lowest BCUT2D eigenvalue weighted by Crippen LogP contribution is -2.63. The van der Waals surface area contributed by atoms with E-state index in [0.29, 0.717) is 23.8 Å². The van der Waals surface area contributed by atoms with Gasteiger partial charge >= 0.3 is 5.97 Å². The van der Waals surface area contributed by atoms with Gasteiger partial charge in [0, 0.05) is 41.5 Å². The van der Waals surface area contributed by atoms with Crippen LogP contribution in [0.5, 0.6) is 0 Å². The Bertz CT molecular complexity index is 1150. The van der Waals surface area contributed by atoms with Crippen LogP contribution in [0.15, 0.2) is 12.7 Å². The third-order valence-corrected chi connectivity index (χ3v) is 14.9. The average Bonchev–Trinajstić information content (AvgIpc) is 3.32. The van der Waals surface area contributed by atoms with Crippen LogP contribution in [0.3, 0.4) is 0 Å². The zero-order valence-electron chi connectivity index (χ0n) is 28.3. The van der Waals surface area contributed by atoms with Gasteiger partial charge < -0.3 is 20.5 Å². The van der Waals surface area contributed by atoms with E-state index in [1.165, 1.54) is 0 Å². The van der Waals surface area contributed by atoms with Gasteiger partial charge in [0.1, 0.15) is 11.9 Å². The predicted molar refractivity (Wildman–Crippen MR) is 176 cm³/mol. The number of aliphatic hydroxyl groups excluding tert-OH is 1. The number of ether oxygens (including phenoxy) is 1. The van der Waals surface area contributed by atoms with Crippen molar-refractivity contribution in [2.45, 2.75) is 130 Å². The van der Waals surface area contributed by atoms with E-state index in [-0.39, 0.29) is 51.7 Å². The zero-order chi connectivity index (χ0) is 32.5. The van der Waals surface area contributed by atoms with E-state index < -0.39 is 29.1 Å². The molecule has 1 saturated heterocycles. The Morgan fingerprint density at radius 3 is 2.36 bits per heavy atom. The summed E-state index contributed by atoms with van der Waals surface area (Å²) in [4.78, 5) is 42.0. The van der Waals surface area contributed by atoms with Crippen molar-refractivity contribution < 1.29 is 24.2 Å². The van der Waals surface area contributed by atoms with Gasteiger partial charge in [-0.05, 0) is 79.4 Å². The molecule has 0 radical (unpaired) electrons. The summed E-state index contributed by atoms with van der Waals surface area (Å²) < 4.78 is 6.44. The largest absolute Gasteiger partial charge is 0.461 e. The minimum Gasteiger partial charge on any atom is -0.461 e. The van der Waals surface area contributed by atoms with E-state index in [1.54, 1.807) is 11.8 Å². The number of carbonyl (C=O) groups is 3. The highest BCUT2D eigenvalue weighted by Gasteiger charge is 2.68. The molecule has 1 aliphatic heterocycles. The number of nitrogens with two attached hydrogens (primary N) is 1. The number of hydrogen-bond donors (Lipinski definition) is 2. The fraction of sp³-hybridized carbons (Fsp3) is 0.861. The Kier molecular flexibility index (Phi) is 9.03. The van der Waals surface area contributed by atoms with Gasteiger partial charge in [0.25, 0.3) is 0 Å². The molecule has 1 spiro atoms. The van der Waals surface area contributed by atoms with Crippen LogP contribution in [-0.2, 0) is 19.1 Å². The molecule has 1 heterocycles. The minimum absolute atomic E-state index is 0.0351. The highest BCUT2D eigenvalue weighted by atomic mass is 32.2. The highest BCUT2D eigenvalue weighted by Crippen LogP contribution is 2.68. The molecule has 3 N–H and O–H groups in total. The summed E-state index contributed by atoms with van der Waals surface area (Å²) >= 11 is 1.69. The van der Waals surface area contributed by atoms with Gasteiger partial charge in [0.05, 0.1) is 17.9 Å². The molecule has 7 nitrogen and oxygen atoms in total. The van der Waals surface area contributed by atoms with E-state index >= 15 is 0 Å². The molecule has 5 fully saturated rings. The number of amides is 1. The van der Waals surface area contributed by atoms with Crippen molar-refractivity contribution in [3.8, 4) is 0 Å². The first-order chi connectivity index (χ1) is 20.4. The maximum absolute atomic E-state index is 13.6. The molecule has 4 saturated carbocycles. The normalized spacial score (nSPS) is 41.2. The molecule has 9 atom stereocenters. The second-order valence-corrected chi connectivity index (χ2v) is 18.4. The van der Waals surface area contributed by atoms with Gasteiger partial charge in [-0.3, -0.25) is 14.4 Å². The monoisotopic (exact) mass is 630 g/mol. The Morgan fingerprint density at radius 1 is 1.14 bits per heavy atom. The summed E-state index contributed by atoms with van der Waals surface area (Å²) in [5.74, 6) is 0.400. The minimum atomic E-state index is -0.654. The van der Waals surface area contributed by atoms with E-state index in [9.17, 15) is 19.5 Å². The fourth-order valence-corrected chi connectivity index (χ4v) is 11.5. The molecular weight excluding hydrogens is 572 g/mol. The zero-order valence-corrected chi connectivity index (χ0v) is 29.1. The van der Waals surface area contributed by atoms with Crippen molar-refractivity contribution in [1.82, 2.24) is 4.90 Å². The maximum Gasteiger partial charge on any atom is 0.316 e. The third kappa shape index (κ3) is 5.51. The molecule has 1 amide bonds. The maximum atomic E-state index is 13.6. The number of esters is 1. The molecule has 4 aliphatic carbocycles. The first-order valence-electron chi connectivity index (χ1n) is 17.1. The Balaban J connectivity index is 1.22. The lowest BCUT2D eigenvalue weighted by atomic mass is 9.44. The Labute approximate surface area is 269 Å². The van der Waals surface area contributed by atoms with E-state index in [4.69, 9.17) is 10.5 Å². The van der Waals surface area contributed by atoms with Gasteiger partial charge in [-0.25, -0.2) is 0 Å². The molecule has 2 unspecified atom stereocenters. The van der Waals surface area contributed by atoms with Crippen LogP contribution in [0.1, 0.15) is 106 Å². The van der Waals surface area contributed by atoms with Crippen LogP contribution in [-0.4, -0.2) is 70.0 Å². The van der Waals surface area contributed by atoms with Crippen LogP contribution >= 0.6 is 11.8 Å². The first-order valence-corrected chi connectivity index (χ1v) is 18.2. The lowest BCUT2D eigenvalue weighted by molar-refractivity contribution is -0.205. The van der Waals surface area contributed by atoms with Crippen molar-refractivity contribution in [2.24, 2.45) is 50.6 Å². The molecule has 5 aliphatic rings. The third-order valence-electron chi connectivity index (χ3n) is 13.7. The number of carbonyl (C=O) groups excluding carboxylic acids is 3. The summed E-state index contributed by atoms with van der Waals surface area (Å²) in [7, 11) is 0. The highest BCUT2D eigenvalue weighted by molar-refractivity contribution is 8.00. The van der Waals surface area contributed by atoms with Crippen LogP contribution < -0.4 is 5.73 Å². The number of rotatable bonds is 6. The molecule has 2 bridgehead atoms. The van der Waals surface area contributed by atoms with Gasteiger partial charge in [0.2, 0.25) is 5.91 Å². The molecule has 0 aromatic heterocycles. The van der Waals surface area contributed by atoms with Crippen molar-refractivity contribution >= 4 is 29.4 Å². The predicted octanol–water partition coefficient (Wildman–Crippen LogP) is 5.77. The number of hydrogen-bond acceptors (Lipinski definition) is 7. The van der Waals surface area contributed by atoms with Crippen LogP contribution in [0.25, 0.3) is 0 Å². The Morgan fingerprint density at radius 2 is 1.77 bits per heavy atom. The van der Waals surface area contributed by atoms with Crippen LogP contribution in [0.2, 0.25) is 0 Å². The van der Waals surface area contributed by atoms with Gasteiger partial charge in [0.15, 0.2) is 0 Å². The van der Waals surface area contributed by atoms with Gasteiger partial charge in [-0.2, -0.15) is 0 Å². The average molecular weight is 631 g/mol. The summed E-state index contributed by atoms with van der Waals surface area (Å²) in [6.07, 6.45) is 8.58. The number of Topliss-reactive ketones (excluding diaryl/α,β-unsaturated/α-hetero) is 1. The summed E-state index contributed by atoms with van der Waals surface area (Å²) in [5.41, 5.74) is 4.90. The van der Waals surface area contributed by atoms with Crippen molar-refractivity contribution in [3.63, 3.8) is 0 Å². The van der Waals surface area contributed by atoms with Crippen LogP contribution in [0.4, 0.5) is 0 Å². The molecule has 44 heavy (non-hydrogen) atoms. The number of ketones is 1. The van der Waals surface area contributed by atoms with Crippen molar-refractivity contribution in [2.75, 3.05) is 18.8 Å². The van der Waals surface area contributed by atoms with Gasteiger partial charge in [-0.1, -0.05) is 54.5 Å². The Hall–Kier alpha value is -1.38. The molecule has 8 heteroatoms. The number of thioether (sulfide) groups is 1. The van der Waals surface area contributed by atoms with E-state index in [2.05, 4.69) is 27.4 Å². The number of nitrogens with zero attached hydrogens (tertiary/aromatic N) is 1. The molecule has 0 aromatic rings. The summed E-state index contributed by atoms with van der Waals surface area (Å²) in [6.45, 7) is 20.3. The van der Waals surface area contributed by atoms with Gasteiger partial charge in [-0.15, -0.1) is 18.3 Å². The summed E-state index contributed by atoms with van der Waals surface area (Å²) in [6, 6.07) is -0.483. The lowest BCUT2D eigenvalue weighted by Gasteiger charge is -2.61. The second kappa shape index (κ2) is 11.7. The fourth-order valence-electron chi connectivity index (χ4n) is 10.1. The smallest absolute Gasteiger partial charge is 0.316 e. The molecular formula is C36H58N2O5S. The number of piperidine rings is 1. The number of likely N-dealkylation sites (tertiary alicyclic amines) is 1. The van der Waals surface area contributed by atoms with Crippen molar-refractivity contribution in [3.05, 3.63) is 12.7 Å². The second-order valence-electron chi connectivity index (χ2n) is 17.1. The standard InChI is InChI=1S/C36H58N2O5S/c1-9-33(7)20-26(34(8)22(2)10-12-36(23(3)30(33)41)13-11-25(39)28(34)36)43-27(40)21-44-24-18-35(19-24)14-16-38(17-15-35)31(42)29(37)32(4,5)6/h9,22-24,26,28-30,41H,1,10-21,37H2,2-8H3/t22?,23-,26+,28?,29-,30-,33+,34-,36-/m0/s1. The topological polar surface area (TPSA) is 110 Å². The first kappa shape index (κ1) is 34.0. The van der Waals surface area contributed by atoms with E-state index in [0.717, 1.165) is 58.0 Å². The van der Waals surface area contributed by atoms with Crippen molar-refractivity contribution in [1.29, 1.82) is 0 Å². The van der Waals surface area contributed by atoms with E-state index in [1.807, 2.05) is 38.7 Å². The number of aliphatic hydroxyl groups is 1. The molecule has 5 rings (SSSR count). The molecule has 248 valence electrons. The summed E-state index contributed by atoms with van der Waals surface area (Å²) in [5, 5.41) is 12.1. The SMILES string of the molecule is C=C[C@]1(C)C[C@@H](OC(=O)CSC2CC3(CCN(C(=O)[C@H](N)C(C)(C)C)CC3)C2)[C@]2(C)C(C)CC[C@]3(CCC(=O)C32)[C@@H](C)[C@@H]1O. The van der Waals surface area contributed by atoms with Crippen LogP contribution in [0, 0.1) is 44.8 Å². The quantitative estimate of drug-likeness (QED) is 0.283. The molecule has 0 aromatic carbocycles.